The number of nitrogens with zero attached hydrogens (tertiary/aromatic N) is 1. The number of carbonyl (C=O) groups is 2. The molecule has 6 nitrogen and oxygen atoms in total. The molecule has 1 heterocycles. The third-order valence-electron chi connectivity index (χ3n) is 2.96. The minimum atomic E-state index is -1.36. The molecule has 21 heavy (non-hydrogen) atoms. The highest BCUT2D eigenvalue weighted by atomic mass is 16.5. The van der Waals surface area contributed by atoms with Crippen LogP contribution in [0, 0.1) is 0 Å². The zero-order chi connectivity index (χ0) is 15.2. The van der Waals surface area contributed by atoms with E-state index >= 15 is 0 Å². The number of esters is 1. The van der Waals surface area contributed by atoms with Gasteiger partial charge in [0.2, 0.25) is 0 Å². The summed E-state index contributed by atoms with van der Waals surface area (Å²) in [6, 6.07) is 10.8. The summed E-state index contributed by atoms with van der Waals surface area (Å²) < 4.78 is 6.28. The molecule has 0 fully saturated rings. The van der Waals surface area contributed by atoms with Crippen LogP contribution in [-0.4, -0.2) is 41.3 Å². The summed E-state index contributed by atoms with van der Waals surface area (Å²) in [7, 11) is 1.17. The number of aromatic nitrogens is 1. The van der Waals surface area contributed by atoms with E-state index < -0.39 is 12.1 Å². The van der Waals surface area contributed by atoms with E-state index in [2.05, 4.69) is 10.1 Å². The fourth-order valence-corrected chi connectivity index (χ4v) is 1.80. The minimum absolute atomic E-state index is 0.190. The molecule has 0 aliphatic carbocycles. The van der Waals surface area contributed by atoms with Gasteiger partial charge in [0.15, 0.2) is 6.10 Å². The molecule has 2 rings (SSSR count). The molecule has 1 aromatic heterocycles. The van der Waals surface area contributed by atoms with Crippen LogP contribution in [-0.2, 0) is 9.53 Å². The first-order valence-electron chi connectivity index (χ1n) is 6.39. The van der Waals surface area contributed by atoms with Gasteiger partial charge < -0.3 is 19.7 Å². The number of nitrogens with one attached hydrogen (secondary N) is 1. The highest BCUT2D eigenvalue weighted by Crippen LogP contribution is 2.10. The van der Waals surface area contributed by atoms with Gasteiger partial charge in [0.05, 0.1) is 13.7 Å². The van der Waals surface area contributed by atoms with Crippen molar-refractivity contribution in [2.45, 2.75) is 6.10 Å². The second kappa shape index (κ2) is 6.71. The smallest absolute Gasteiger partial charge is 0.336 e. The van der Waals surface area contributed by atoms with Gasteiger partial charge in [-0.15, -0.1) is 0 Å². The normalized spacial score (nSPS) is 11.7. The van der Waals surface area contributed by atoms with E-state index in [0.29, 0.717) is 5.56 Å². The van der Waals surface area contributed by atoms with Gasteiger partial charge in [-0.3, -0.25) is 4.79 Å². The van der Waals surface area contributed by atoms with Crippen molar-refractivity contribution in [3.05, 3.63) is 54.4 Å². The van der Waals surface area contributed by atoms with Crippen molar-refractivity contribution in [3.8, 4) is 5.69 Å². The minimum Gasteiger partial charge on any atom is -0.467 e. The molecular formula is C15H16N2O4. The van der Waals surface area contributed by atoms with Crippen molar-refractivity contribution in [1.29, 1.82) is 0 Å². The lowest BCUT2D eigenvalue weighted by Gasteiger charge is -2.10. The van der Waals surface area contributed by atoms with Gasteiger partial charge in [-0.25, -0.2) is 4.79 Å². The predicted octanol–water partition coefficient (Wildman–Crippen LogP) is 0.741. The molecule has 0 bridgehead atoms. The summed E-state index contributed by atoms with van der Waals surface area (Å²) in [6.45, 7) is -0.190. The summed E-state index contributed by atoms with van der Waals surface area (Å²) in [5.41, 5.74) is 1.38. The van der Waals surface area contributed by atoms with E-state index in [-0.39, 0.29) is 12.5 Å². The van der Waals surface area contributed by atoms with Crippen LogP contribution in [0.1, 0.15) is 10.4 Å². The molecule has 1 atom stereocenters. The molecular weight excluding hydrogens is 272 g/mol. The molecule has 6 heteroatoms. The van der Waals surface area contributed by atoms with Gasteiger partial charge in [0.1, 0.15) is 0 Å². The van der Waals surface area contributed by atoms with E-state index in [4.69, 9.17) is 0 Å². The number of methoxy groups -OCH3 is 1. The number of benzene rings is 1. The van der Waals surface area contributed by atoms with Crippen LogP contribution in [0.3, 0.4) is 0 Å². The largest absolute Gasteiger partial charge is 0.467 e. The van der Waals surface area contributed by atoms with Crippen LogP contribution in [0.25, 0.3) is 5.69 Å². The van der Waals surface area contributed by atoms with Crippen molar-refractivity contribution in [1.82, 2.24) is 9.88 Å². The lowest BCUT2D eigenvalue weighted by molar-refractivity contribution is -0.149. The zero-order valence-corrected chi connectivity index (χ0v) is 11.5. The first-order chi connectivity index (χ1) is 10.1. The summed E-state index contributed by atoms with van der Waals surface area (Å²) in [4.78, 5) is 22.9. The molecule has 0 saturated carbocycles. The number of ether oxygens (including phenoxy) is 1. The number of amides is 1. The molecule has 0 aliphatic heterocycles. The Labute approximate surface area is 122 Å². The average molecular weight is 288 g/mol. The van der Waals surface area contributed by atoms with Crippen LogP contribution < -0.4 is 5.32 Å². The number of hydrogen-bond donors (Lipinski definition) is 2. The van der Waals surface area contributed by atoms with Crippen LogP contribution in [0.4, 0.5) is 0 Å². The monoisotopic (exact) mass is 288 g/mol. The molecule has 0 aliphatic rings. The van der Waals surface area contributed by atoms with Crippen molar-refractivity contribution < 1.29 is 19.4 Å². The predicted molar refractivity (Wildman–Crippen MR) is 76.1 cm³/mol. The average Bonchev–Trinajstić information content (AvgIpc) is 3.06. The molecule has 1 aromatic carbocycles. The Kier molecular flexibility index (Phi) is 4.73. The van der Waals surface area contributed by atoms with Gasteiger partial charge in [0.25, 0.3) is 5.91 Å². The van der Waals surface area contributed by atoms with Crippen molar-refractivity contribution >= 4 is 11.9 Å². The SMILES string of the molecule is COC(=O)C(O)CNC(=O)c1ccc(-n2cccc2)cc1. The van der Waals surface area contributed by atoms with E-state index in [1.54, 1.807) is 12.1 Å². The third-order valence-corrected chi connectivity index (χ3v) is 2.96. The molecule has 0 saturated heterocycles. The molecule has 2 N–H and O–H groups in total. The van der Waals surface area contributed by atoms with Crippen molar-refractivity contribution in [3.63, 3.8) is 0 Å². The zero-order valence-electron chi connectivity index (χ0n) is 11.5. The van der Waals surface area contributed by atoms with Gasteiger partial charge >= 0.3 is 5.97 Å². The highest BCUT2D eigenvalue weighted by molar-refractivity contribution is 5.94. The lowest BCUT2D eigenvalue weighted by atomic mass is 10.2. The summed E-state index contributed by atoms with van der Waals surface area (Å²) in [6.07, 6.45) is 2.45. The van der Waals surface area contributed by atoms with Crippen LogP contribution in [0.15, 0.2) is 48.8 Å². The fraction of sp³-hybridized carbons (Fsp3) is 0.200. The second-order valence-corrected chi connectivity index (χ2v) is 4.39. The first-order valence-corrected chi connectivity index (χ1v) is 6.39. The number of hydrogen-bond acceptors (Lipinski definition) is 4. The Balaban J connectivity index is 1.96. The van der Waals surface area contributed by atoms with Gasteiger partial charge in [-0.1, -0.05) is 0 Å². The first kappa shape index (κ1) is 14.8. The maximum atomic E-state index is 11.9. The molecule has 110 valence electrons. The quantitative estimate of drug-likeness (QED) is 0.795. The Hall–Kier alpha value is -2.60. The lowest BCUT2D eigenvalue weighted by Crippen LogP contribution is -2.37. The molecule has 0 spiro atoms. The van der Waals surface area contributed by atoms with Gasteiger partial charge in [-0.2, -0.15) is 0 Å². The Morgan fingerprint density at radius 2 is 1.86 bits per heavy atom. The molecule has 2 aromatic rings. The standard InChI is InChI=1S/C15H16N2O4/c1-21-15(20)13(18)10-16-14(19)11-4-6-12(7-5-11)17-8-2-3-9-17/h2-9,13,18H,10H2,1H3,(H,16,19). The summed E-state index contributed by atoms with van der Waals surface area (Å²) >= 11 is 0. The molecule has 0 radical (unpaired) electrons. The Morgan fingerprint density at radius 3 is 2.43 bits per heavy atom. The topological polar surface area (TPSA) is 80.6 Å². The van der Waals surface area contributed by atoms with Gasteiger partial charge in [0, 0.05) is 23.6 Å². The van der Waals surface area contributed by atoms with E-state index in [0.717, 1.165) is 5.69 Å². The summed E-state index contributed by atoms with van der Waals surface area (Å²) in [5, 5.41) is 11.9. The maximum absolute atomic E-state index is 11.9. The van der Waals surface area contributed by atoms with Gasteiger partial charge in [-0.05, 0) is 36.4 Å². The van der Waals surface area contributed by atoms with E-state index in [1.807, 2.05) is 41.2 Å². The Bertz CT molecular complexity index is 605. The van der Waals surface area contributed by atoms with Crippen LogP contribution in [0.5, 0.6) is 0 Å². The van der Waals surface area contributed by atoms with Crippen LogP contribution in [0.2, 0.25) is 0 Å². The fourth-order valence-electron chi connectivity index (χ4n) is 1.80. The third kappa shape index (κ3) is 3.70. The number of rotatable bonds is 5. The van der Waals surface area contributed by atoms with E-state index in [1.165, 1.54) is 7.11 Å². The maximum Gasteiger partial charge on any atom is 0.336 e. The Morgan fingerprint density at radius 1 is 1.24 bits per heavy atom. The van der Waals surface area contributed by atoms with Crippen LogP contribution >= 0.6 is 0 Å². The highest BCUT2D eigenvalue weighted by Gasteiger charge is 2.16. The number of aliphatic hydroxyl groups is 1. The second-order valence-electron chi connectivity index (χ2n) is 4.39. The van der Waals surface area contributed by atoms with Crippen molar-refractivity contribution in [2.75, 3.05) is 13.7 Å². The summed E-state index contributed by atoms with van der Waals surface area (Å²) in [5.74, 6) is -1.14. The molecule has 1 amide bonds. The number of carbonyl (C=O) groups excluding carboxylic acids is 2. The number of aliphatic hydroxyl groups excluding tert-OH is 1. The van der Waals surface area contributed by atoms with Crippen molar-refractivity contribution in [2.24, 2.45) is 0 Å². The molecule has 1 unspecified atom stereocenters. The van der Waals surface area contributed by atoms with E-state index in [9.17, 15) is 14.7 Å².